The molecule has 376 valence electrons. The zero-order chi connectivity index (χ0) is 46.3. The Morgan fingerprint density at radius 2 is 0.594 bits per heavy atom. The molecule has 0 saturated heterocycles. The van der Waals surface area contributed by atoms with Crippen molar-refractivity contribution in [1.29, 1.82) is 0 Å². The summed E-state index contributed by atoms with van der Waals surface area (Å²) in [6.45, 7) is 7.72. The Bertz CT molecular complexity index is 1020. The SMILES string of the molecule is CCCCC/C=C\C/C=C\C/C=C\CCCCC(=O)OC[C@H](COC(=O)CCCCCCCCCCCCCCCCCCC)OCCCCCCCCCCCCCCCCCC. The standard InChI is InChI=1S/C59H110O5/c1-4-7-10-13-16-19-22-25-28-30-32-35-38-41-44-47-50-53-59(61)64-56-57(62-54-51-48-45-42-39-36-33-29-26-23-20-17-14-11-8-5-2)55-63-58(60)52-49-46-43-40-37-34-31-27-24-21-18-15-12-9-6-3/h18,21,27,31,37,40,57H,4-17,19-20,22-26,28-30,32-36,38-39,41-56H2,1-3H3/b21-18-,31-27-,40-37-/t57-/m1/s1. The molecule has 5 nitrogen and oxygen atoms in total. The first-order valence-electron chi connectivity index (χ1n) is 28.5. The highest BCUT2D eigenvalue weighted by Crippen LogP contribution is 2.16. The normalized spacial score (nSPS) is 12.4. The van der Waals surface area contributed by atoms with E-state index in [0.717, 1.165) is 57.8 Å². The minimum atomic E-state index is -0.410. The smallest absolute Gasteiger partial charge is 0.305 e. The summed E-state index contributed by atoms with van der Waals surface area (Å²) in [5, 5.41) is 0. The fraction of sp³-hybridized carbons (Fsp3) is 0.864. The van der Waals surface area contributed by atoms with Crippen LogP contribution >= 0.6 is 0 Å². The van der Waals surface area contributed by atoms with Crippen LogP contribution in [0.1, 0.15) is 303 Å². The van der Waals surface area contributed by atoms with Gasteiger partial charge in [-0.25, -0.2) is 0 Å². The molecule has 64 heavy (non-hydrogen) atoms. The minimum Gasteiger partial charge on any atom is -0.463 e. The second-order valence-corrected chi connectivity index (χ2v) is 19.2. The Kier molecular flexibility index (Phi) is 53.8. The molecule has 0 rings (SSSR count). The molecule has 0 aromatic rings. The third kappa shape index (κ3) is 52.7. The van der Waals surface area contributed by atoms with Gasteiger partial charge in [0.05, 0.1) is 0 Å². The lowest BCUT2D eigenvalue weighted by atomic mass is 10.0. The summed E-state index contributed by atoms with van der Waals surface area (Å²) in [5.74, 6) is -0.359. The number of hydrogen-bond donors (Lipinski definition) is 0. The Balaban J connectivity index is 4.26. The molecule has 0 aromatic heterocycles. The maximum Gasteiger partial charge on any atom is 0.305 e. The van der Waals surface area contributed by atoms with Gasteiger partial charge < -0.3 is 14.2 Å². The van der Waals surface area contributed by atoms with Crippen LogP contribution in [0, 0.1) is 0 Å². The second-order valence-electron chi connectivity index (χ2n) is 19.2. The molecule has 0 aliphatic heterocycles. The van der Waals surface area contributed by atoms with Gasteiger partial charge in [-0.2, -0.15) is 0 Å². The van der Waals surface area contributed by atoms with Crippen molar-refractivity contribution < 1.29 is 23.8 Å². The monoisotopic (exact) mass is 899 g/mol. The van der Waals surface area contributed by atoms with E-state index in [4.69, 9.17) is 14.2 Å². The van der Waals surface area contributed by atoms with E-state index in [2.05, 4.69) is 57.2 Å². The van der Waals surface area contributed by atoms with Gasteiger partial charge in [0.25, 0.3) is 0 Å². The number of ether oxygens (including phenoxy) is 3. The van der Waals surface area contributed by atoms with E-state index in [1.165, 1.54) is 212 Å². The fourth-order valence-corrected chi connectivity index (χ4v) is 8.38. The van der Waals surface area contributed by atoms with Crippen molar-refractivity contribution in [3.05, 3.63) is 36.5 Å². The van der Waals surface area contributed by atoms with Gasteiger partial charge >= 0.3 is 11.9 Å². The molecule has 0 bridgehead atoms. The van der Waals surface area contributed by atoms with Gasteiger partial charge in [-0.3, -0.25) is 9.59 Å². The summed E-state index contributed by atoms with van der Waals surface area (Å²) in [4.78, 5) is 25.3. The Hall–Kier alpha value is -1.88. The van der Waals surface area contributed by atoms with Crippen LogP contribution in [-0.4, -0.2) is 37.9 Å². The summed E-state index contributed by atoms with van der Waals surface area (Å²) < 4.78 is 17.5. The minimum absolute atomic E-state index is 0.143. The Morgan fingerprint density at radius 1 is 0.328 bits per heavy atom. The van der Waals surface area contributed by atoms with Crippen LogP contribution in [0.25, 0.3) is 0 Å². The first-order valence-corrected chi connectivity index (χ1v) is 28.5. The van der Waals surface area contributed by atoms with Crippen molar-refractivity contribution in [3.63, 3.8) is 0 Å². The van der Waals surface area contributed by atoms with E-state index < -0.39 is 6.10 Å². The van der Waals surface area contributed by atoms with Crippen LogP contribution in [0.5, 0.6) is 0 Å². The van der Waals surface area contributed by atoms with E-state index in [-0.39, 0.29) is 25.2 Å². The molecule has 5 heteroatoms. The topological polar surface area (TPSA) is 61.8 Å². The van der Waals surface area contributed by atoms with Crippen molar-refractivity contribution in [2.24, 2.45) is 0 Å². The van der Waals surface area contributed by atoms with E-state index >= 15 is 0 Å². The van der Waals surface area contributed by atoms with Crippen LogP contribution < -0.4 is 0 Å². The summed E-state index contributed by atoms with van der Waals surface area (Å²) >= 11 is 0. The van der Waals surface area contributed by atoms with Crippen molar-refractivity contribution in [3.8, 4) is 0 Å². The molecule has 0 aromatic carbocycles. The molecule has 0 N–H and O–H groups in total. The molecular formula is C59H110O5. The van der Waals surface area contributed by atoms with Gasteiger partial charge in [0.2, 0.25) is 0 Å². The van der Waals surface area contributed by atoms with E-state index in [1.807, 2.05) is 0 Å². The van der Waals surface area contributed by atoms with Crippen molar-refractivity contribution >= 4 is 11.9 Å². The van der Waals surface area contributed by atoms with Gasteiger partial charge in [-0.1, -0.05) is 269 Å². The van der Waals surface area contributed by atoms with Crippen LogP contribution in [0.4, 0.5) is 0 Å². The summed E-state index contributed by atoms with van der Waals surface area (Å²) in [5.41, 5.74) is 0. The number of esters is 2. The Morgan fingerprint density at radius 3 is 0.953 bits per heavy atom. The van der Waals surface area contributed by atoms with Gasteiger partial charge in [-0.15, -0.1) is 0 Å². The lowest BCUT2D eigenvalue weighted by Gasteiger charge is -2.18. The zero-order valence-corrected chi connectivity index (χ0v) is 43.3. The highest BCUT2D eigenvalue weighted by atomic mass is 16.6. The zero-order valence-electron chi connectivity index (χ0n) is 43.3. The van der Waals surface area contributed by atoms with Gasteiger partial charge in [0.15, 0.2) is 0 Å². The summed E-state index contributed by atoms with van der Waals surface area (Å²) in [6.07, 6.45) is 67.6. The van der Waals surface area contributed by atoms with E-state index in [9.17, 15) is 9.59 Å². The highest BCUT2D eigenvalue weighted by Gasteiger charge is 2.16. The predicted octanol–water partition coefficient (Wildman–Crippen LogP) is 19.4. The predicted molar refractivity (Wildman–Crippen MR) is 279 cm³/mol. The van der Waals surface area contributed by atoms with Gasteiger partial charge in [0, 0.05) is 19.4 Å². The van der Waals surface area contributed by atoms with Gasteiger partial charge in [-0.05, 0) is 57.8 Å². The molecule has 0 amide bonds. The molecule has 0 radical (unpaired) electrons. The van der Waals surface area contributed by atoms with Crippen molar-refractivity contribution in [2.45, 2.75) is 309 Å². The maximum atomic E-state index is 12.6. The van der Waals surface area contributed by atoms with Crippen LogP contribution in [0.3, 0.4) is 0 Å². The van der Waals surface area contributed by atoms with Gasteiger partial charge in [0.1, 0.15) is 19.3 Å². The Labute approximate surface area is 400 Å². The molecule has 1 atom stereocenters. The number of rotatable bonds is 53. The lowest BCUT2D eigenvalue weighted by Crippen LogP contribution is -2.29. The van der Waals surface area contributed by atoms with Crippen LogP contribution in [-0.2, 0) is 23.8 Å². The molecule has 0 heterocycles. The molecule has 0 aliphatic carbocycles. The summed E-state index contributed by atoms with van der Waals surface area (Å²) in [7, 11) is 0. The molecule has 0 unspecified atom stereocenters. The molecule has 0 aliphatic rings. The first-order chi connectivity index (χ1) is 31.6. The number of allylic oxidation sites excluding steroid dienone is 6. The number of hydrogen-bond acceptors (Lipinski definition) is 5. The number of unbranched alkanes of at least 4 members (excludes halogenated alkanes) is 36. The van der Waals surface area contributed by atoms with E-state index in [0.29, 0.717) is 19.4 Å². The maximum absolute atomic E-state index is 12.6. The number of carbonyl (C=O) groups excluding carboxylic acids is 2. The largest absolute Gasteiger partial charge is 0.463 e. The average Bonchev–Trinajstić information content (AvgIpc) is 3.30. The summed E-state index contributed by atoms with van der Waals surface area (Å²) in [6, 6.07) is 0. The fourth-order valence-electron chi connectivity index (χ4n) is 8.38. The third-order valence-electron chi connectivity index (χ3n) is 12.7. The van der Waals surface area contributed by atoms with E-state index in [1.54, 1.807) is 0 Å². The number of carbonyl (C=O) groups is 2. The first kappa shape index (κ1) is 62.1. The average molecular weight is 900 g/mol. The quantitative estimate of drug-likeness (QED) is 0.0346. The molecule has 0 saturated carbocycles. The molecule has 0 fully saturated rings. The second kappa shape index (κ2) is 55.4. The molecular weight excluding hydrogens is 789 g/mol. The third-order valence-corrected chi connectivity index (χ3v) is 12.7. The van der Waals surface area contributed by atoms with Crippen LogP contribution in [0.2, 0.25) is 0 Å². The lowest BCUT2D eigenvalue weighted by molar-refractivity contribution is -0.155. The van der Waals surface area contributed by atoms with Crippen molar-refractivity contribution in [2.75, 3.05) is 19.8 Å². The van der Waals surface area contributed by atoms with Crippen LogP contribution in [0.15, 0.2) is 36.5 Å². The van der Waals surface area contributed by atoms with Crippen molar-refractivity contribution in [1.82, 2.24) is 0 Å². The molecule has 0 spiro atoms. The highest BCUT2D eigenvalue weighted by molar-refractivity contribution is 5.69.